The van der Waals surface area contributed by atoms with E-state index in [9.17, 15) is 0 Å². The van der Waals surface area contributed by atoms with E-state index in [1.807, 2.05) is 12.3 Å². The molecule has 1 aromatic heterocycles. The van der Waals surface area contributed by atoms with Crippen molar-refractivity contribution in [3.05, 3.63) is 18.3 Å². The number of nitrogens with zero attached hydrogens (tertiary/aromatic N) is 3. The predicted molar refractivity (Wildman–Crippen MR) is 80.3 cm³/mol. The molecule has 0 aliphatic rings. The first kappa shape index (κ1) is 15.3. The lowest BCUT2D eigenvalue weighted by molar-refractivity contribution is 0.612. The molecule has 0 atom stereocenters. The van der Waals surface area contributed by atoms with Crippen LogP contribution in [-0.2, 0) is 0 Å². The maximum absolute atomic E-state index is 8.77. The fourth-order valence-electron chi connectivity index (χ4n) is 1.92. The van der Waals surface area contributed by atoms with Crippen LogP contribution in [0.1, 0.15) is 33.6 Å². The van der Waals surface area contributed by atoms with Crippen LogP contribution in [-0.4, -0.2) is 24.6 Å². The number of aromatic nitrogens is 1. The van der Waals surface area contributed by atoms with Crippen molar-refractivity contribution in [2.24, 2.45) is 5.92 Å². The van der Waals surface area contributed by atoms with Gasteiger partial charge in [-0.05, 0) is 18.4 Å². The summed E-state index contributed by atoms with van der Waals surface area (Å²) in [6, 6.07) is 6.29. The summed E-state index contributed by atoms with van der Waals surface area (Å²) in [4.78, 5) is 6.57. The molecule has 0 fully saturated rings. The lowest BCUT2D eigenvalue weighted by atomic mass is 10.2. The summed E-state index contributed by atoms with van der Waals surface area (Å²) in [5, 5.41) is 12.1. The fraction of sp³-hybridized carbons (Fsp3) is 0.600. The van der Waals surface area contributed by atoms with E-state index in [1.54, 1.807) is 0 Å². The zero-order valence-corrected chi connectivity index (χ0v) is 12.2. The summed E-state index contributed by atoms with van der Waals surface area (Å²) in [5.74, 6) is 1.48. The first-order valence-corrected chi connectivity index (χ1v) is 6.99. The van der Waals surface area contributed by atoms with Crippen molar-refractivity contribution >= 4 is 11.5 Å². The second-order valence-electron chi connectivity index (χ2n) is 5.07. The van der Waals surface area contributed by atoms with Gasteiger partial charge in [-0.1, -0.05) is 20.8 Å². The molecule has 0 aromatic carbocycles. The molecule has 4 heteroatoms. The maximum Gasteiger partial charge on any atom is 0.127 e. The Kier molecular flexibility index (Phi) is 6.73. The lowest BCUT2D eigenvalue weighted by Gasteiger charge is -2.26. The smallest absolute Gasteiger partial charge is 0.127 e. The average Bonchev–Trinajstić information content (AvgIpc) is 2.41. The normalized spacial score (nSPS) is 10.3. The quantitative estimate of drug-likeness (QED) is 0.779. The number of anilines is 2. The third-order valence-electron chi connectivity index (χ3n) is 2.74. The van der Waals surface area contributed by atoms with Crippen LogP contribution in [0.4, 0.5) is 11.5 Å². The zero-order valence-electron chi connectivity index (χ0n) is 12.2. The molecule has 0 unspecified atom stereocenters. The molecule has 1 heterocycles. The molecule has 4 nitrogen and oxygen atoms in total. The highest BCUT2D eigenvalue weighted by atomic mass is 15.1. The van der Waals surface area contributed by atoms with Crippen molar-refractivity contribution in [1.82, 2.24) is 4.98 Å². The minimum atomic E-state index is 0.548. The Morgan fingerprint density at radius 2 is 2.26 bits per heavy atom. The second-order valence-corrected chi connectivity index (χ2v) is 5.07. The van der Waals surface area contributed by atoms with Crippen molar-refractivity contribution in [2.75, 3.05) is 29.9 Å². The number of hydrogen-bond donors (Lipinski definition) is 1. The Morgan fingerprint density at radius 3 is 2.89 bits per heavy atom. The zero-order chi connectivity index (χ0) is 14.1. The lowest BCUT2D eigenvalue weighted by Crippen LogP contribution is -2.28. The largest absolute Gasteiger partial charge is 0.370 e. The van der Waals surface area contributed by atoms with E-state index in [2.05, 4.69) is 48.1 Å². The fourth-order valence-corrected chi connectivity index (χ4v) is 1.92. The first-order valence-electron chi connectivity index (χ1n) is 6.99. The molecule has 1 N–H and O–H groups in total. The Balaban J connectivity index is 2.79. The maximum atomic E-state index is 8.77. The van der Waals surface area contributed by atoms with Crippen LogP contribution >= 0.6 is 0 Å². The molecule has 0 saturated carbocycles. The van der Waals surface area contributed by atoms with Crippen LogP contribution in [0.15, 0.2) is 18.3 Å². The van der Waals surface area contributed by atoms with E-state index < -0.39 is 0 Å². The number of rotatable bonds is 8. The Bertz CT molecular complexity index is 409. The van der Waals surface area contributed by atoms with Gasteiger partial charge in [0.05, 0.1) is 12.5 Å². The van der Waals surface area contributed by atoms with Gasteiger partial charge in [0.2, 0.25) is 0 Å². The van der Waals surface area contributed by atoms with Gasteiger partial charge in [-0.25, -0.2) is 4.98 Å². The van der Waals surface area contributed by atoms with E-state index in [1.165, 1.54) is 0 Å². The van der Waals surface area contributed by atoms with Gasteiger partial charge in [-0.2, -0.15) is 5.26 Å². The Hall–Kier alpha value is -1.76. The molecule has 1 rings (SSSR count). The minimum absolute atomic E-state index is 0.548. The molecule has 0 bridgehead atoms. The summed E-state index contributed by atoms with van der Waals surface area (Å²) in [6.07, 6.45) is 3.45. The molecular formula is C15H24N4. The number of nitriles is 1. The van der Waals surface area contributed by atoms with Crippen molar-refractivity contribution in [2.45, 2.75) is 33.6 Å². The third kappa shape index (κ3) is 5.60. The standard InChI is InChI=1S/C15H24N4/c1-4-8-17-15-11-14(6-9-18-15)19(10-5-7-16)12-13(2)3/h6,9,11,13H,4-5,8,10,12H2,1-3H3,(H,17,18). The summed E-state index contributed by atoms with van der Waals surface area (Å²) in [5.41, 5.74) is 1.14. The minimum Gasteiger partial charge on any atom is -0.370 e. The van der Waals surface area contributed by atoms with Crippen LogP contribution in [0.2, 0.25) is 0 Å². The molecule has 0 radical (unpaired) electrons. The van der Waals surface area contributed by atoms with Crippen molar-refractivity contribution in [1.29, 1.82) is 5.26 Å². The highest BCUT2D eigenvalue weighted by molar-refractivity contribution is 5.54. The van der Waals surface area contributed by atoms with Gasteiger partial charge in [0.25, 0.3) is 0 Å². The highest BCUT2D eigenvalue weighted by Crippen LogP contribution is 2.19. The highest BCUT2D eigenvalue weighted by Gasteiger charge is 2.09. The predicted octanol–water partition coefficient (Wildman–Crippen LogP) is 3.28. The molecule has 0 spiro atoms. The molecule has 0 aliphatic heterocycles. The van der Waals surface area contributed by atoms with Crippen LogP contribution in [0.25, 0.3) is 0 Å². The van der Waals surface area contributed by atoms with Crippen LogP contribution in [0.5, 0.6) is 0 Å². The number of nitrogens with one attached hydrogen (secondary N) is 1. The van der Waals surface area contributed by atoms with E-state index in [4.69, 9.17) is 5.26 Å². The first-order chi connectivity index (χ1) is 9.17. The van der Waals surface area contributed by atoms with Gasteiger partial charge >= 0.3 is 0 Å². The third-order valence-corrected chi connectivity index (χ3v) is 2.74. The average molecular weight is 260 g/mol. The van der Waals surface area contributed by atoms with E-state index in [0.29, 0.717) is 12.3 Å². The van der Waals surface area contributed by atoms with Gasteiger partial charge < -0.3 is 10.2 Å². The summed E-state index contributed by atoms with van der Waals surface area (Å²) in [6.45, 7) is 9.17. The molecule has 0 saturated heterocycles. The van der Waals surface area contributed by atoms with Crippen LogP contribution < -0.4 is 10.2 Å². The van der Waals surface area contributed by atoms with E-state index >= 15 is 0 Å². The summed E-state index contributed by atoms with van der Waals surface area (Å²) in [7, 11) is 0. The topological polar surface area (TPSA) is 52.0 Å². The van der Waals surface area contributed by atoms with E-state index in [0.717, 1.165) is 37.6 Å². The van der Waals surface area contributed by atoms with Gasteiger partial charge in [-0.15, -0.1) is 0 Å². The molecule has 1 aromatic rings. The molecule has 0 amide bonds. The Morgan fingerprint density at radius 1 is 1.47 bits per heavy atom. The van der Waals surface area contributed by atoms with E-state index in [-0.39, 0.29) is 0 Å². The van der Waals surface area contributed by atoms with Crippen molar-refractivity contribution < 1.29 is 0 Å². The second kappa shape index (κ2) is 8.36. The molecule has 19 heavy (non-hydrogen) atoms. The van der Waals surface area contributed by atoms with Gasteiger partial charge in [0, 0.05) is 37.6 Å². The summed E-state index contributed by atoms with van der Waals surface area (Å²) < 4.78 is 0. The molecule has 104 valence electrons. The monoisotopic (exact) mass is 260 g/mol. The van der Waals surface area contributed by atoms with Gasteiger partial charge in [-0.3, -0.25) is 0 Å². The van der Waals surface area contributed by atoms with Gasteiger partial charge in [0.15, 0.2) is 0 Å². The Labute approximate surface area is 116 Å². The SMILES string of the molecule is CCCNc1cc(N(CCC#N)CC(C)C)ccn1. The molecule has 0 aliphatic carbocycles. The van der Waals surface area contributed by atoms with Gasteiger partial charge in [0.1, 0.15) is 5.82 Å². The van der Waals surface area contributed by atoms with Crippen molar-refractivity contribution in [3.63, 3.8) is 0 Å². The van der Waals surface area contributed by atoms with Crippen LogP contribution in [0.3, 0.4) is 0 Å². The van der Waals surface area contributed by atoms with Crippen molar-refractivity contribution in [3.8, 4) is 6.07 Å². The molecular weight excluding hydrogens is 236 g/mol. The number of pyridine rings is 1. The van der Waals surface area contributed by atoms with Crippen LogP contribution in [0, 0.1) is 17.2 Å². The summed E-state index contributed by atoms with van der Waals surface area (Å²) >= 11 is 0. The number of hydrogen-bond acceptors (Lipinski definition) is 4.